The molecule has 2 rings (SSSR count). The number of nitrogens with one attached hydrogen (secondary N) is 2. The number of anilines is 1. The van der Waals surface area contributed by atoms with E-state index in [-0.39, 0.29) is 35.2 Å². The van der Waals surface area contributed by atoms with Gasteiger partial charge in [-0.3, -0.25) is 9.59 Å². The molecule has 2 heterocycles. The molecule has 1 aliphatic heterocycles. The average molecular weight is 464 g/mol. The lowest BCUT2D eigenvalue weighted by Crippen LogP contribution is -2.53. The SMILES string of the molecule is COCCCNc1nc(C(C)(C)C)ncc1C(=O)N(CC(C)C)[C@@H]1CNCC(C(=O)OC)C1. The number of nitrogens with zero attached hydrogens (tertiary/aromatic N) is 3. The van der Waals surface area contributed by atoms with E-state index in [0.29, 0.717) is 56.4 Å². The van der Waals surface area contributed by atoms with Crippen LogP contribution in [0.4, 0.5) is 5.82 Å². The fourth-order valence-corrected chi connectivity index (χ4v) is 3.91. The summed E-state index contributed by atoms with van der Waals surface area (Å²) in [4.78, 5) is 37.1. The molecule has 2 atom stereocenters. The van der Waals surface area contributed by atoms with Crippen LogP contribution in [0.5, 0.6) is 0 Å². The number of carbonyl (C=O) groups is 2. The number of aromatic nitrogens is 2. The third-order valence-corrected chi connectivity index (χ3v) is 5.63. The number of piperidine rings is 1. The molecule has 1 aromatic rings. The topological polar surface area (TPSA) is 106 Å². The molecule has 186 valence electrons. The van der Waals surface area contributed by atoms with Gasteiger partial charge in [0.05, 0.1) is 13.0 Å². The molecule has 1 fully saturated rings. The second-order valence-corrected chi connectivity index (χ2v) is 10.1. The van der Waals surface area contributed by atoms with E-state index >= 15 is 0 Å². The molecule has 0 aliphatic carbocycles. The number of amides is 1. The first-order valence-corrected chi connectivity index (χ1v) is 11.8. The van der Waals surface area contributed by atoms with Gasteiger partial charge in [-0.05, 0) is 18.8 Å². The summed E-state index contributed by atoms with van der Waals surface area (Å²) in [6.07, 6.45) is 2.99. The van der Waals surface area contributed by atoms with Crippen LogP contribution in [-0.4, -0.2) is 79.8 Å². The fraction of sp³-hybridized carbons (Fsp3) is 0.750. The van der Waals surface area contributed by atoms with Gasteiger partial charge in [0.15, 0.2) is 0 Å². The van der Waals surface area contributed by atoms with Crippen LogP contribution < -0.4 is 10.6 Å². The Labute approximate surface area is 198 Å². The summed E-state index contributed by atoms with van der Waals surface area (Å²) in [6, 6.07) is -0.124. The highest BCUT2D eigenvalue weighted by Gasteiger charge is 2.35. The van der Waals surface area contributed by atoms with E-state index in [0.717, 1.165) is 6.42 Å². The first-order chi connectivity index (χ1) is 15.6. The lowest BCUT2D eigenvalue weighted by Gasteiger charge is -2.38. The van der Waals surface area contributed by atoms with Crippen LogP contribution in [0, 0.1) is 11.8 Å². The Kier molecular flexibility index (Phi) is 10.0. The summed E-state index contributed by atoms with van der Waals surface area (Å²) in [5.41, 5.74) is 0.199. The van der Waals surface area contributed by atoms with Crippen molar-refractivity contribution in [3.05, 3.63) is 17.6 Å². The van der Waals surface area contributed by atoms with Gasteiger partial charge in [-0.1, -0.05) is 34.6 Å². The Morgan fingerprint density at radius 3 is 2.61 bits per heavy atom. The number of esters is 1. The van der Waals surface area contributed by atoms with Gasteiger partial charge in [0, 0.05) is 57.5 Å². The van der Waals surface area contributed by atoms with Gasteiger partial charge in [0.1, 0.15) is 17.2 Å². The van der Waals surface area contributed by atoms with E-state index in [4.69, 9.17) is 14.5 Å². The maximum Gasteiger partial charge on any atom is 0.310 e. The molecule has 1 saturated heterocycles. The minimum absolute atomic E-state index is 0.124. The van der Waals surface area contributed by atoms with Gasteiger partial charge in [0.25, 0.3) is 5.91 Å². The standard InChI is InChI=1S/C24H41N5O4/c1-16(2)15-29(18-11-17(12-25-13-18)22(31)33-7)21(30)19-14-27-23(24(3,4)5)28-20(19)26-9-8-10-32-6/h14,16-18,25H,8-13,15H2,1-7H3,(H,26,27,28)/t17?,18-/m0/s1. The monoisotopic (exact) mass is 463 g/mol. The third kappa shape index (κ3) is 7.64. The van der Waals surface area contributed by atoms with Gasteiger partial charge in [-0.25, -0.2) is 9.97 Å². The van der Waals surface area contributed by atoms with E-state index in [1.807, 2.05) is 25.7 Å². The van der Waals surface area contributed by atoms with Crippen LogP contribution in [0.3, 0.4) is 0 Å². The van der Waals surface area contributed by atoms with E-state index < -0.39 is 0 Å². The molecule has 1 unspecified atom stereocenters. The largest absolute Gasteiger partial charge is 0.469 e. The Morgan fingerprint density at radius 1 is 1.27 bits per heavy atom. The lowest BCUT2D eigenvalue weighted by atomic mass is 9.93. The molecule has 1 aliphatic rings. The van der Waals surface area contributed by atoms with Crippen LogP contribution in [0.1, 0.15) is 63.6 Å². The van der Waals surface area contributed by atoms with Crippen molar-refractivity contribution in [2.24, 2.45) is 11.8 Å². The third-order valence-electron chi connectivity index (χ3n) is 5.63. The van der Waals surface area contributed by atoms with Crippen molar-refractivity contribution in [2.75, 3.05) is 52.3 Å². The number of carbonyl (C=O) groups excluding carboxylic acids is 2. The zero-order valence-corrected chi connectivity index (χ0v) is 21.2. The summed E-state index contributed by atoms with van der Waals surface area (Å²) in [7, 11) is 3.07. The Balaban J connectivity index is 2.36. The summed E-state index contributed by atoms with van der Waals surface area (Å²) in [5, 5.41) is 6.62. The smallest absolute Gasteiger partial charge is 0.310 e. The fourth-order valence-electron chi connectivity index (χ4n) is 3.91. The van der Waals surface area contributed by atoms with Gasteiger partial charge < -0.3 is 25.0 Å². The van der Waals surface area contributed by atoms with Crippen LogP contribution in [0.2, 0.25) is 0 Å². The van der Waals surface area contributed by atoms with Crippen molar-refractivity contribution in [3.63, 3.8) is 0 Å². The van der Waals surface area contributed by atoms with Gasteiger partial charge >= 0.3 is 5.97 Å². The second-order valence-electron chi connectivity index (χ2n) is 10.1. The van der Waals surface area contributed by atoms with E-state index in [9.17, 15) is 9.59 Å². The Bertz CT molecular complexity index is 794. The van der Waals surface area contributed by atoms with Crippen LogP contribution in [0.25, 0.3) is 0 Å². The van der Waals surface area contributed by atoms with Gasteiger partial charge in [-0.15, -0.1) is 0 Å². The number of rotatable bonds is 10. The van der Waals surface area contributed by atoms with Crippen molar-refractivity contribution in [2.45, 2.75) is 58.9 Å². The normalized spacial score (nSPS) is 18.8. The maximum atomic E-state index is 13.8. The zero-order valence-electron chi connectivity index (χ0n) is 21.2. The van der Waals surface area contributed by atoms with Crippen molar-refractivity contribution in [1.29, 1.82) is 0 Å². The predicted octanol–water partition coefficient (Wildman–Crippen LogP) is 2.47. The predicted molar refractivity (Wildman–Crippen MR) is 128 cm³/mol. The highest BCUT2D eigenvalue weighted by atomic mass is 16.5. The molecule has 2 N–H and O–H groups in total. The molecule has 0 bridgehead atoms. The van der Waals surface area contributed by atoms with Crippen molar-refractivity contribution >= 4 is 17.7 Å². The zero-order chi connectivity index (χ0) is 24.6. The highest BCUT2D eigenvalue weighted by Crippen LogP contribution is 2.25. The molecule has 0 radical (unpaired) electrons. The maximum absolute atomic E-state index is 13.8. The summed E-state index contributed by atoms with van der Waals surface area (Å²) in [6.45, 7) is 13.3. The average Bonchev–Trinajstić information content (AvgIpc) is 2.78. The molecule has 33 heavy (non-hydrogen) atoms. The summed E-state index contributed by atoms with van der Waals surface area (Å²) in [5.74, 6) is 0.827. The molecule has 0 spiro atoms. The molecule has 0 aromatic carbocycles. The summed E-state index contributed by atoms with van der Waals surface area (Å²) < 4.78 is 10.1. The minimum Gasteiger partial charge on any atom is -0.469 e. The number of methoxy groups -OCH3 is 2. The number of hydrogen-bond acceptors (Lipinski definition) is 8. The molecular weight excluding hydrogens is 422 g/mol. The number of ether oxygens (including phenoxy) is 2. The highest BCUT2D eigenvalue weighted by molar-refractivity contribution is 5.98. The minimum atomic E-state index is -0.276. The van der Waals surface area contributed by atoms with Crippen LogP contribution in [-0.2, 0) is 19.7 Å². The molecule has 0 saturated carbocycles. The molecular formula is C24H41N5O4. The van der Waals surface area contributed by atoms with Crippen molar-refractivity contribution in [3.8, 4) is 0 Å². The first kappa shape index (κ1) is 27.0. The van der Waals surface area contributed by atoms with Crippen molar-refractivity contribution < 1.29 is 19.1 Å². The van der Waals surface area contributed by atoms with E-state index in [1.54, 1.807) is 13.3 Å². The van der Waals surface area contributed by atoms with Gasteiger partial charge in [-0.2, -0.15) is 0 Å². The Morgan fingerprint density at radius 2 is 2.00 bits per heavy atom. The van der Waals surface area contributed by atoms with E-state index in [2.05, 4.69) is 29.5 Å². The van der Waals surface area contributed by atoms with Crippen molar-refractivity contribution in [1.82, 2.24) is 20.2 Å². The quantitative estimate of drug-likeness (QED) is 0.403. The molecule has 1 amide bonds. The second kappa shape index (κ2) is 12.3. The Hall–Kier alpha value is -2.26. The van der Waals surface area contributed by atoms with Crippen LogP contribution >= 0.6 is 0 Å². The number of hydrogen-bond donors (Lipinski definition) is 2. The van der Waals surface area contributed by atoms with E-state index in [1.165, 1.54) is 7.11 Å². The van der Waals surface area contributed by atoms with Gasteiger partial charge in [0.2, 0.25) is 0 Å². The molecule has 9 heteroatoms. The summed E-state index contributed by atoms with van der Waals surface area (Å²) >= 11 is 0. The first-order valence-electron chi connectivity index (χ1n) is 11.8. The lowest BCUT2D eigenvalue weighted by molar-refractivity contribution is -0.146. The van der Waals surface area contributed by atoms with Crippen LogP contribution in [0.15, 0.2) is 6.20 Å². The molecule has 9 nitrogen and oxygen atoms in total. The molecule has 1 aromatic heterocycles.